The maximum Gasteiger partial charge on any atom is 0.337 e. The average Bonchev–Trinajstić information content (AvgIpc) is 2.85. The molecule has 0 bridgehead atoms. The Morgan fingerprint density at radius 3 is 2.75 bits per heavy atom. The van der Waals surface area contributed by atoms with Crippen molar-refractivity contribution < 1.29 is 19.1 Å². The molecule has 1 atom stereocenters. The number of esters is 1. The molecule has 0 amide bonds. The SMILES string of the molecule is COC(=O)C1=Cc2ccccc2C(=O)C12OCC=C2C. The lowest BCUT2D eigenvalue weighted by atomic mass is 9.75. The minimum Gasteiger partial charge on any atom is -0.466 e. The zero-order chi connectivity index (χ0) is 14.3. The summed E-state index contributed by atoms with van der Waals surface area (Å²) in [6.07, 6.45) is 3.51. The number of carbonyl (C=O) groups is 2. The minimum absolute atomic E-state index is 0.206. The maximum atomic E-state index is 12.9. The van der Waals surface area contributed by atoms with Crippen molar-refractivity contribution in [2.75, 3.05) is 13.7 Å². The minimum atomic E-state index is -1.32. The van der Waals surface area contributed by atoms with Crippen LogP contribution in [0.4, 0.5) is 0 Å². The number of hydrogen-bond donors (Lipinski definition) is 0. The summed E-state index contributed by atoms with van der Waals surface area (Å²) in [5.74, 6) is -0.746. The lowest BCUT2D eigenvalue weighted by molar-refractivity contribution is -0.138. The van der Waals surface area contributed by atoms with Gasteiger partial charge in [-0.1, -0.05) is 30.3 Å². The first-order valence-corrected chi connectivity index (χ1v) is 6.37. The van der Waals surface area contributed by atoms with Gasteiger partial charge in [-0.15, -0.1) is 0 Å². The fraction of sp³-hybridized carbons (Fsp3) is 0.250. The number of carbonyl (C=O) groups excluding carboxylic acids is 2. The van der Waals surface area contributed by atoms with Crippen LogP contribution < -0.4 is 0 Å². The Balaban J connectivity index is 2.28. The van der Waals surface area contributed by atoms with Gasteiger partial charge in [0, 0.05) is 5.56 Å². The molecule has 1 aliphatic heterocycles. The second kappa shape index (κ2) is 4.42. The van der Waals surface area contributed by atoms with Gasteiger partial charge in [-0.25, -0.2) is 4.79 Å². The van der Waals surface area contributed by atoms with Crippen LogP contribution in [0.3, 0.4) is 0 Å². The number of fused-ring (bicyclic) bond motifs is 1. The summed E-state index contributed by atoms with van der Waals surface area (Å²) >= 11 is 0. The standard InChI is InChI=1S/C16H14O4/c1-10-7-8-20-16(10)13(15(18)19-2)9-11-5-3-4-6-12(11)14(16)17/h3-7,9H,8H2,1-2H3. The summed E-state index contributed by atoms with van der Waals surface area (Å²) in [6, 6.07) is 7.18. The van der Waals surface area contributed by atoms with Gasteiger partial charge >= 0.3 is 5.97 Å². The summed E-state index contributed by atoms with van der Waals surface area (Å²) in [7, 11) is 1.30. The van der Waals surface area contributed by atoms with Crippen LogP contribution in [0.15, 0.2) is 41.5 Å². The Kier molecular flexibility index (Phi) is 2.83. The Labute approximate surface area is 116 Å². The van der Waals surface area contributed by atoms with Crippen molar-refractivity contribution in [2.24, 2.45) is 0 Å². The van der Waals surface area contributed by atoms with E-state index in [1.807, 2.05) is 12.1 Å². The first-order chi connectivity index (χ1) is 9.61. The average molecular weight is 270 g/mol. The third kappa shape index (κ3) is 1.51. The number of methoxy groups -OCH3 is 1. The highest BCUT2D eigenvalue weighted by molar-refractivity contribution is 6.19. The lowest BCUT2D eigenvalue weighted by Crippen LogP contribution is -2.47. The first kappa shape index (κ1) is 12.8. The van der Waals surface area contributed by atoms with Crippen molar-refractivity contribution >= 4 is 17.8 Å². The van der Waals surface area contributed by atoms with Crippen LogP contribution in [0, 0.1) is 0 Å². The first-order valence-electron chi connectivity index (χ1n) is 6.37. The second-order valence-corrected chi connectivity index (χ2v) is 4.85. The van der Waals surface area contributed by atoms with E-state index in [1.54, 1.807) is 31.2 Å². The van der Waals surface area contributed by atoms with Gasteiger partial charge in [-0.05, 0) is 24.1 Å². The van der Waals surface area contributed by atoms with E-state index in [9.17, 15) is 9.59 Å². The fourth-order valence-corrected chi connectivity index (χ4v) is 2.80. The third-order valence-corrected chi connectivity index (χ3v) is 3.85. The van der Waals surface area contributed by atoms with Gasteiger partial charge < -0.3 is 9.47 Å². The van der Waals surface area contributed by atoms with E-state index in [0.29, 0.717) is 17.7 Å². The van der Waals surface area contributed by atoms with Crippen LogP contribution in [0.5, 0.6) is 0 Å². The number of ketones is 1. The number of hydrogen-bond acceptors (Lipinski definition) is 4. The predicted octanol–water partition coefficient (Wildman–Crippen LogP) is 2.15. The molecule has 1 heterocycles. The Morgan fingerprint density at radius 2 is 2.10 bits per heavy atom. The largest absolute Gasteiger partial charge is 0.466 e. The number of rotatable bonds is 1. The molecule has 1 spiro atoms. The maximum absolute atomic E-state index is 12.9. The van der Waals surface area contributed by atoms with Gasteiger partial charge in [0.2, 0.25) is 5.78 Å². The number of ether oxygens (including phenoxy) is 2. The molecule has 20 heavy (non-hydrogen) atoms. The lowest BCUT2D eigenvalue weighted by Gasteiger charge is -2.33. The normalized spacial score (nSPS) is 24.2. The van der Waals surface area contributed by atoms with Crippen molar-refractivity contribution in [3.63, 3.8) is 0 Å². The van der Waals surface area contributed by atoms with E-state index < -0.39 is 11.6 Å². The molecule has 4 heteroatoms. The molecule has 2 aliphatic rings. The van der Waals surface area contributed by atoms with Crippen LogP contribution in [0.1, 0.15) is 22.8 Å². The molecule has 4 nitrogen and oxygen atoms in total. The molecule has 0 radical (unpaired) electrons. The Bertz CT molecular complexity index is 669. The number of benzene rings is 1. The Hall–Kier alpha value is -2.20. The Morgan fingerprint density at radius 1 is 1.35 bits per heavy atom. The van der Waals surface area contributed by atoms with Crippen LogP contribution in [-0.2, 0) is 14.3 Å². The third-order valence-electron chi connectivity index (χ3n) is 3.85. The van der Waals surface area contributed by atoms with Gasteiger partial charge in [0.15, 0.2) is 5.60 Å². The van der Waals surface area contributed by atoms with Gasteiger partial charge in [-0.3, -0.25) is 4.79 Å². The van der Waals surface area contributed by atoms with E-state index in [-0.39, 0.29) is 11.4 Å². The molecule has 1 aromatic carbocycles. The van der Waals surface area contributed by atoms with Crippen LogP contribution in [0.2, 0.25) is 0 Å². The molecule has 0 saturated heterocycles. The molecule has 0 aromatic heterocycles. The monoisotopic (exact) mass is 270 g/mol. The van der Waals surface area contributed by atoms with Gasteiger partial charge in [0.25, 0.3) is 0 Å². The fourth-order valence-electron chi connectivity index (χ4n) is 2.80. The summed E-state index contributed by atoms with van der Waals surface area (Å²) < 4.78 is 10.5. The molecular formula is C16H14O4. The number of Topliss-reactive ketones (excluding diaryl/α,β-unsaturated/α-hetero) is 1. The summed E-state index contributed by atoms with van der Waals surface area (Å²) in [4.78, 5) is 24.9. The van der Waals surface area contributed by atoms with Crippen LogP contribution >= 0.6 is 0 Å². The smallest absolute Gasteiger partial charge is 0.337 e. The quantitative estimate of drug-likeness (QED) is 0.579. The molecule has 1 aliphatic carbocycles. The molecular weight excluding hydrogens is 256 g/mol. The molecule has 102 valence electrons. The highest BCUT2D eigenvalue weighted by Gasteiger charge is 2.52. The van der Waals surface area contributed by atoms with E-state index in [0.717, 1.165) is 5.57 Å². The highest BCUT2D eigenvalue weighted by atomic mass is 16.5. The molecule has 0 saturated carbocycles. The van der Waals surface area contributed by atoms with Crippen molar-refractivity contribution in [1.29, 1.82) is 0 Å². The van der Waals surface area contributed by atoms with Crippen LogP contribution in [-0.4, -0.2) is 31.1 Å². The zero-order valence-electron chi connectivity index (χ0n) is 11.3. The van der Waals surface area contributed by atoms with Crippen molar-refractivity contribution in [1.82, 2.24) is 0 Å². The molecule has 0 fully saturated rings. The van der Waals surface area contributed by atoms with Crippen molar-refractivity contribution in [3.8, 4) is 0 Å². The van der Waals surface area contributed by atoms with Crippen LogP contribution in [0.25, 0.3) is 6.08 Å². The predicted molar refractivity (Wildman–Crippen MR) is 73.2 cm³/mol. The van der Waals surface area contributed by atoms with E-state index in [1.165, 1.54) is 7.11 Å². The van der Waals surface area contributed by atoms with E-state index in [2.05, 4.69) is 0 Å². The second-order valence-electron chi connectivity index (χ2n) is 4.85. The molecule has 1 unspecified atom stereocenters. The van der Waals surface area contributed by atoms with Gasteiger partial charge in [-0.2, -0.15) is 0 Å². The topological polar surface area (TPSA) is 52.6 Å². The molecule has 1 aromatic rings. The van der Waals surface area contributed by atoms with E-state index >= 15 is 0 Å². The van der Waals surface area contributed by atoms with E-state index in [4.69, 9.17) is 9.47 Å². The highest BCUT2D eigenvalue weighted by Crippen LogP contribution is 2.42. The van der Waals surface area contributed by atoms with Crippen molar-refractivity contribution in [2.45, 2.75) is 12.5 Å². The summed E-state index contributed by atoms with van der Waals surface area (Å²) in [5, 5.41) is 0. The summed E-state index contributed by atoms with van der Waals surface area (Å²) in [5.41, 5.74) is 0.937. The van der Waals surface area contributed by atoms with Gasteiger partial charge in [0.05, 0.1) is 19.3 Å². The van der Waals surface area contributed by atoms with Gasteiger partial charge in [0.1, 0.15) is 0 Å². The molecule has 0 N–H and O–H groups in total. The zero-order valence-corrected chi connectivity index (χ0v) is 11.3. The van der Waals surface area contributed by atoms with Crippen molar-refractivity contribution in [3.05, 3.63) is 52.6 Å². The molecule has 3 rings (SSSR count). The summed E-state index contributed by atoms with van der Waals surface area (Å²) in [6.45, 7) is 2.11.